The molecule has 1 saturated heterocycles. The number of ketones is 1. The van der Waals surface area contributed by atoms with Crippen LogP contribution in [0.25, 0.3) is 5.76 Å². The van der Waals surface area contributed by atoms with Crippen molar-refractivity contribution in [1.82, 2.24) is 9.88 Å². The van der Waals surface area contributed by atoms with Crippen LogP contribution in [0.3, 0.4) is 0 Å². The van der Waals surface area contributed by atoms with E-state index >= 15 is 0 Å². The number of hydrogen-bond acceptors (Lipinski definition) is 5. The lowest BCUT2D eigenvalue weighted by atomic mass is 9.98. The average Bonchev–Trinajstić information content (AvgIpc) is 3.05. The van der Waals surface area contributed by atoms with Crippen LogP contribution in [0, 0.1) is 0 Å². The number of carbonyl (C=O) groups excluding carboxylic acids is 2. The maximum atomic E-state index is 13.0. The van der Waals surface area contributed by atoms with Crippen LogP contribution in [0.15, 0.2) is 84.6 Å². The third-order valence-electron chi connectivity index (χ3n) is 5.09. The average molecular weight is 400 g/mol. The van der Waals surface area contributed by atoms with Crippen LogP contribution in [-0.2, 0) is 16.1 Å². The molecule has 0 bridgehead atoms. The Morgan fingerprint density at radius 2 is 1.70 bits per heavy atom. The third-order valence-corrected chi connectivity index (χ3v) is 5.09. The molecule has 1 aliphatic heterocycles. The lowest BCUT2D eigenvalue weighted by Gasteiger charge is -2.25. The van der Waals surface area contributed by atoms with Gasteiger partial charge in [-0.05, 0) is 18.2 Å². The Bertz CT molecular complexity index is 1110. The van der Waals surface area contributed by atoms with Gasteiger partial charge in [-0.15, -0.1) is 0 Å². The van der Waals surface area contributed by atoms with Crippen molar-refractivity contribution in [3.8, 4) is 5.75 Å². The molecule has 0 radical (unpaired) electrons. The number of aliphatic hydroxyl groups excluding tert-OH is 1. The van der Waals surface area contributed by atoms with Gasteiger partial charge >= 0.3 is 0 Å². The van der Waals surface area contributed by atoms with Crippen molar-refractivity contribution in [3.05, 3.63) is 101 Å². The number of aromatic nitrogens is 1. The van der Waals surface area contributed by atoms with E-state index in [9.17, 15) is 14.7 Å². The van der Waals surface area contributed by atoms with Gasteiger partial charge in [-0.25, -0.2) is 0 Å². The van der Waals surface area contributed by atoms with E-state index < -0.39 is 17.7 Å². The number of hydrogen-bond donors (Lipinski definition) is 1. The molecule has 1 unspecified atom stereocenters. The molecule has 3 aromatic rings. The van der Waals surface area contributed by atoms with Crippen molar-refractivity contribution >= 4 is 17.4 Å². The first-order chi connectivity index (χ1) is 14.6. The molecule has 6 nitrogen and oxygen atoms in total. The summed E-state index contributed by atoms with van der Waals surface area (Å²) in [5.74, 6) is -1.02. The van der Waals surface area contributed by atoms with Crippen molar-refractivity contribution < 1.29 is 19.4 Å². The molecule has 30 heavy (non-hydrogen) atoms. The minimum Gasteiger partial charge on any atom is -0.507 e. The molecule has 1 aromatic heterocycles. The fraction of sp³-hybridized carbons (Fsp3) is 0.125. The number of carbonyl (C=O) groups is 2. The molecule has 2 aromatic carbocycles. The highest BCUT2D eigenvalue weighted by molar-refractivity contribution is 6.46. The first-order valence-corrected chi connectivity index (χ1v) is 9.48. The second kappa shape index (κ2) is 8.21. The Hall–Kier alpha value is -3.93. The molecule has 0 saturated carbocycles. The number of rotatable bonds is 5. The lowest BCUT2D eigenvalue weighted by Crippen LogP contribution is -2.29. The summed E-state index contributed by atoms with van der Waals surface area (Å²) >= 11 is 0. The highest BCUT2D eigenvalue weighted by Crippen LogP contribution is 2.40. The molecule has 150 valence electrons. The van der Waals surface area contributed by atoms with Gasteiger partial charge in [-0.2, -0.15) is 0 Å². The fourth-order valence-corrected chi connectivity index (χ4v) is 3.66. The smallest absolute Gasteiger partial charge is 0.296 e. The van der Waals surface area contributed by atoms with E-state index in [1.54, 1.807) is 61.8 Å². The number of pyridine rings is 1. The number of amides is 1. The van der Waals surface area contributed by atoms with Crippen LogP contribution >= 0.6 is 0 Å². The molecule has 2 heterocycles. The predicted octanol–water partition coefficient (Wildman–Crippen LogP) is 3.71. The Morgan fingerprint density at radius 3 is 2.40 bits per heavy atom. The number of methoxy groups -OCH3 is 1. The number of likely N-dealkylation sites (tertiary alicyclic amines) is 1. The third kappa shape index (κ3) is 3.43. The van der Waals surface area contributed by atoms with Gasteiger partial charge in [0.15, 0.2) is 0 Å². The van der Waals surface area contributed by atoms with Crippen molar-refractivity contribution in [3.63, 3.8) is 0 Å². The quantitative estimate of drug-likeness (QED) is 0.401. The van der Waals surface area contributed by atoms with Crippen LogP contribution in [0.4, 0.5) is 0 Å². The minimum absolute atomic E-state index is 0.0276. The molecule has 4 rings (SSSR count). The molecule has 1 N–H and O–H groups in total. The monoisotopic (exact) mass is 400 g/mol. The van der Waals surface area contributed by atoms with Crippen molar-refractivity contribution in [2.45, 2.75) is 12.6 Å². The Kier molecular flexibility index (Phi) is 5.30. The molecular weight excluding hydrogens is 380 g/mol. The van der Waals surface area contributed by atoms with Gasteiger partial charge in [0.05, 0.1) is 24.9 Å². The molecular formula is C24H20N2O4. The van der Waals surface area contributed by atoms with E-state index in [1.807, 2.05) is 24.3 Å². The maximum absolute atomic E-state index is 13.0. The van der Waals surface area contributed by atoms with Crippen molar-refractivity contribution in [1.29, 1.82) is 0 Å². The van der Waals surface area contributed by atoms with Crippen molar-refractivity contribution in [2.75, 3.05) is 7.11 Å². The van der Waals surface area contributed by atoms with Crippen LogP contribution in [0.2, 0.25) is 0 Å². The Balaban J connectivity index is 1.86. The van der Waals surface area contributed by atoms with Gasteiger partial charge < -0.3 is 14.7 Å². The van der Waals surface area contributed by atoms with Crippen LogP contribution in [0.5, 0.6) is 5.75 Å². The first-order valence-electron chi connectivity index (χ1n) is 9.48. The summed E-state index contributed by atoms with van der Waals surface area (Å²) in [5, 5.41) is 11.0. The van der Waals surface area contributed by atoms with Crippen molar-refractivity contribution in [2.24, 2.45) is 0 Å². The number of ether oxygens (including phenoxy) is 1. The zero-order valence-corrected chi connectivity index (χ0v) is 16.4. The van der Waals surface area contributed by atoms with Gasteiger partial charge in [-0.3, -0.25) is 14.6 Å². The molecule has 1 aliphatic rings. The molecule has 0 aliphatic carbocycles. The molecule has 1 atom stereocenters. The largest absolute Gasteiger partial charge is 0.507 e. The first kappa shape index (κ1) is 19.4. The summed E-state index contributed by atoms with van der Waals surface area (Å²) < 4.78 is 5.40. The number of aliphatic hydroxyl groups is 1. The lowest BCUT2D eigenvalue weighted by molar-refractivity contribution is -0.140. The van der Waals surface area contributed by atoms with E-state index in [0.29, 0.717) is 17.0 Å². The second-order valence-electron chi connectivity index (χ2n) is 6.86. The fourth-order valence-electron chi connectivity index (χ4n) is 3.66. The molecule has 1 amide bonds. The summed E-state index contributed by atoms with van der Waals surface area (Å²) in [6, 6.07) is 20.5. The highest BCUT2D eigenvalue weighted by Gasteiger charge is 2.46. The van der Waals surface area contributed by atoms with Gasteiger partial charge in [-0.1, -0.05) is 54.6 Å². The van der Waals surface area contributed by atoms with E-state index in [4.69, 9.17) is 4.74 Å². The van der Waals surface area contributed by atoms with E-state index in [1.165, 1.54) is 4.90 Å². The van der Waals surface area contributed by atoms with Gasteiger partial charge in [0, 0.05) is 17.3 Å². The Labute approximate surface area is 174 Å². The highest BCUT2D eigenvalue weighted by atomic mass is 16.5. The summed E-state index contributed by atoms with van der Waals surface area (Å²) in [6.07, 6.45) is 1.60. The number of benzene rings is 2. The van der Waals surface area contributed by atoms with E-state index in [2.05, 4.69) is 4.98 Å². The summed E-state index contributed by atoms with van der Waals surface area (Å²) in [5.41, 5.74) is 1.75. The summed E-state index contributed by atoms with van der Waals surface area (Å²) in [4.78, 5) is 31.8. The topological polar surface area (TPSA) is 79.7 Å². The minimum atomic E-state index is -0.809. The standard InChI is InChI=1S/C24H20N2O4/c1-30-19-13-6-5-11-17(19)15-26-21(18-12-7-8-14-25-18)20(23(28)24(26)29)22(27)16-9-3-2-4-10-16/h2-14,21,27H,15H2,1H3/b22-20-. The SMILES string of the molecule is COc1ccccc1CN1C(=O)C(=O)/C(=C(\O)c2ccccc2)C1c1ccccn1. The summed E-state index contributed by atoms with van der Waals surface area (Å²) in [7, 11) is 1.55. The number of nitrogens with zero attached hydrogens (tertiary/aromatic N) is 2. The summed E-state index contributed by atoms with van der Waals surface area (Å²) in [6.45, 7) is 0.140. The Morgan fingerprint density at radius 1 is 1.00 bits per heavy atom. The molecule has 6 heteroatoms. The van der Waals surface area contributed by atoms with Crippen LogP contribution in [0.1, 0.15) is 22.9 Å². The zero-order chi connectivity index (χ0) is 21.1. The normalized spacial score (nSPS) is 17.9. The van der Waals surface area contributed by atoms with Gasteiger partial charge in [0.2, 0.25) is 0 Å². The maximum Gasteiger partial charge on any atom is 0.296 e. The van der Waals surface area contributed by atoms with Gasteiger partial charge in [0.25, 0.3) is 11.7 Å². The zero-order valence-electron chi connectivity index (χ0n) is 16.4. The number of para-hydroxylation sites is 1. The molecule has 1 fully saturated rings. The van der Waals surface area contributed by atoms with E-state index in [-0.39, 0.29) is 17.9 Å². The van der Waals surface area contributed by atoms with Crippen LogP contribution in [-0.4, -0.2) is 33.8 Å². The number of Topliss-reactive ketones (excluding diaryl/α,β-unsaturated/α-hetero) is 1. The predicted molar refractivity (Wildman–Crippen MR) is 112 cm³/mol. The van der Waals surface area contributed by atoms with E-state index in [0.717, 1.165) is 5.56 Å². The van der Waals surface area contributed by atoms with Gasteiger partial charge in [0.1, 0.15) is 17.6 Å². The van der Waals surface area contributed by atoms with Crippen LogP contribution < -0.4 is 4.74 Å². The second-order valence-corrected chi connectivity index (χ2v) is 6.86. The molecule has 0 spiro atoms.